The van der Waals surface area contributed by atoms with Crippen molar-refractivity contribution in [1.29, 1.82) is 0 Å². The molecule has 0 aliphatic carbocycles. The maximum absolute atomic E-state index is 12.2. The third-order valence-electron chi connectivity index (χ3n) is 4.34. The van der Waals surface area contributed by atoms with Gasteiger partial charge in [0.25, 0.3) is 0 Å². The van der Waals surface area contributed by atoms with Gasteiger partial charge in [0.05, 0.1) is 6.42 Å². The summed E-state index contributed by atoms with van der Waals surface area (Å²) in [6, 6.07) is 21.9. The molecule has 1 aromatic heterocycles. The lowest BCUT2D eigenvalue weighted by Crippen LogP contribution is -2.24. The fraction of sp³-hybridized carbons (Fsp3) is 0.0952. The number of aromatic amines is 1. The maximum Gasteiger partial charge on any atom is 0.224 e. The van der Waals surface area contributed by atoms with Crippen LogP contribution in [0, 0.1) is 0 Å². The monoisotopic (exact) mass is 348 g/mol. The van der Waals surface area contributed by atoms with Crippen LogP contribution in [0.25, 0.3) is 21.8 Å². The van der Waals surface area contributed by atoms with Crippen LogP contribution in [0.1, 0.15) is 11.1 Å². The van der Waals surface area contributed by atoms with Gasteiger partial charge in [0.2, 0.25) is 5.91 Å². The minimum atomic E-state index is 0.00501. The van der Waals surface area contributed by atoms with Crippen molar-refractivity contribution in [2.45, 2.75) is 13.0 Å². The van der Waals surface area contributed by atoms with Crippen LogP contribution in [0.5, 0.6) is 0 Å². The Balaban J connectivity index is 1.47. The molecule has 0 saturated carbocycles. The Morgan fingerprint density at radius 1 is 0.880 bits per heavy atom. The van der Waals surface area contributed by atoms with Crippen LogP contribution in [-0.4, -0.2) is 10.9 Å². The second-order valence-corrected chi connectivity index (χ2v) is 6.57. The van der Waals surface area contributed by atoms with Gasteiger partial charge in [0.15, 0.2) is 0 Å². The van der Waals surface area contributed by atoms with Crippen molar-refractivity contribution in [2.24, 2.45) is 0 Å². The highest BCUT2D eigenvalue weighted by Gasteiger charge is 2.07. The number of para-hydroxylation sites is 1. The molecule has 4 aromatic rings. The standard InChI is InChI=1S/C21H17ClN2O/c22-16-8-5-14(6-9-16)13-23-21(25)12-15-7-10-18-17-3-1-2-4-19(17)24-20(18)11-15/h1-11,24H,12-13H2,(H,23,25). The molecule has 0 aliphatic rings. The molecule has 2 N–H and O–H groups in total. The first-order chi connectivity index (χ1) is 12.2. The molecule has 0 unspecified atom stereocenters. The molecule has 0 radical (unpaired) electrons. The van der Waals surface area contributed by atoms with Gasteiger partial charge >= 0.3 is 0 Å². The third-order valence-corrected chi connectivity index (χ3v) is 4.59. The second-order valence-electron chi connectivity index (χ2n) is 6.13. The molecule has 4 heteroatoms. The molecule has 3 aromatic carbocycles. The number of benzene rings is 3. The summed E-state index contributed by atoms with van der Waals surface area (Å²) in [6.07, 6.45) is 0.360. The number of amides is 1. The van der Waals surface area contributed by atoms with E-state index in [0.29, 0.717) is 18.0 Å². The molecule has 0 fully saturated rings. The van der Waals surface area contributed by atoms with Crippen LogP contribution in [-0.2, 0) is 17.8 Å². The highest BCUT2D eigenvalue weighted by molar-refractivity contribution is 6.30. The van der Waals surface area contributed by atoms with E-state index in [1.54, 1.807) is 0 Å². The number of carbonyl (C=O) groups excluding carboxylic acids is 1. The number of halogens is 1. The van der Waals surface area contributed by atoms with E-state index in [4.69, 9.17) is 11.6 Å². The number of hydrogen-bond acceptors (Lipinski definition) is 1. The van der Waals surface area contributed by atoms with Crippen molar-refractivity contribution in [3.05, 3.63) is 82.9 Å². The summed E-state index contributed by atoms with van der Waals surface area (Å²) >= 11 is 5.87. The molecule has 4 rings (SSSR count). The van der Waals surface area contributed by atoms with Gasteiger partial charge in [-0.1, -0.05) is 54.1 Å². The molecule has 25 heavy (non-hydrogen) atoms. The molecule has 0 spiro atoms. The second kappa shape index (κ2) is 6.61. The van der Waals surface area contributed by atoms with Gasteiger partial charge in [-0.25, -0.2) is 0 Å². The largest absolute Gasteiger partial charge is 0.355 e. The Bertz CT molecular complexity index is 1050. The number of H-pyrrole nitrogens is 1. The first-order valence-electron chi connectivity index (χ1n) is 8.19. The van der Waals surface area contributed by atoms with E-state index in [1.807, 2.05) is 42.5 Å². The van der Waals surface area contributed by atoms with Crippen LogP contribution >= 0.6 is 11.6 Å². The summed E-state index contributed by atoms with van der Waals surface area (Å²) in [5.74, 6) is 0.00501. The van der Waals surface area contributed by atoms with Gasteiger partial charge < -0.3 is 10.3 Å². The first-order valence-corrected chi connectivity index (χ1v) is 8.57. The van der Waals surface area contributed by atoms with E-state index >= 15 is 0 Å². The van der Waals surface area contributed by atoms with E-state index < -0.39 is 0 Å². The van der Waals surface area contributed by atoms with Crippen LogP contribution in [0.15, 0.2) is 66.7 Å². The molecular formula is C21H17ClN2O. The summed E-state index contributed by atoms with van der Waals surface area (Å²) < 4.78 is 0. The quantitative estimate of drug-likeness (QED) is 0.545. The average Bonchev–Trinajstić information content (AvgIpc) is 2.99. The molecule has 124 valence electrons. The van der Waals surface area contributed by atoms with Crippen molar-refractivity contribution in [3.63, 3.8) is 0 Å². The molecule has 0 atom stereocenters. The van der Waals surface area contributed by atoms with Gasteiger partial charge in [-0.2, -0.15) is 0 Å². The number of fused-ring (bicyclic) bond motifs is 3. The van der Waals surface area contributed by atoms with E-state index in [0.717, 1.165) is 22.2 Å². The van der Waals surface area contributed by atoms with Gasteiger partial charge in [0, 0.05) is 33.4 Å². The van der Waals surface area contributed by atoms with Crippen LogP contribution in [0.2, 0.25) is 5.02 Å². The topological polar surface area (TPSA) is 44.9 Å². The van der Waals surface area contributed by atoms with Crippen molar-refractivity contribution in [1.82, 2.24) is 10.3 Å². The van der Waals surface area contributed by atoms with E-state index in [2.05, 4.69) is 34.6 Å². The fourth-order valence-electron chi connectivity index (χ4n) is 3.06. The van der Waals surface area contributed by atoms with Gasteiger partial charge in [-0.3, -0.25) is 4.79 Å². The maximum atomic E-state index is 12.2. The molecule has 1 amide bonds. The molecule has 0 bridgehead atoms. The fourth-order valence-corrected chi connectivity index (χ4v) is 3.19. The Labute approximate surface area is 150 Å². The van der Waals surface area contributed by atoms with E-state index in [9.17, 15) is 4.79 Å². The lowest BCUT2D eigenvalue weighted by molar-refractivity contribution is -0.120. The Morgan fingerprint density at radius 2 is 1.60 bits per heavy atom. The van der Waals surface area contributed by atoms with Gasteiger partial charge in [-0.15, -0.1) is 0 Å². The SMILES string of the molecule is O=C(Cc1ccc2c(c1)[nH]c1ccccc12)NCc1ccc(Cl)cc1. The number of nitrogens with one attached hydrogen (secondary N) is 2. The molecule has 3 nitrogen and oxygen atoms in total. The molecular weight excluding hydrogens is 332 g/mol. The molecule has 0 saturated heterocycles. The Hall–Kier alpha value is -2.78. The van der Waals surface area contributed by atoms with Gasteiger partial charge in [0.1, 0.15) is 0 Å². The molecule has 0 aliphatic heterocycles. The average molecular weight is 349 g/mol. The predicted molar refractivity (Wildman–Crippen MR) is 103 cm³/mol. The Morgan fingerprint density at radius 3 is 2.44 bits per heavy atom. The third kappa shape index (κ3) is 3.37. The summed E-state index contributed by atoms with van der Waals surface area (Å²) in [5.41, 5.74) is 4.20. The zero-order valence-corrected chi connectivity index (χ0v) is 14.3. The molecule has 1 heterocycles. The number of aromatic nitrogens is 1. The summed E-state index contributed by atoms with van der Waals surface area (Å²) in [6.45, 7) is 0.505. The van der Waals surface area contributed by atoms with E-state index in [-0.39, 0.29) is 5.91 Å². The highest BCUT2D eigenvalue weighted by atomic mass is 35.5. The van der Waals surface area contributed by atoms with Crippen LogP contribution < -0.4 is 5.32 Å². The van der Waals surface area contributed by atoms with E-state index in [1.165, 1.54) is 10.8 Å². The minimum Gasteiger partial charge on any atom is -0.355 e. The van der Waals surface area contributed by atoms with Crippen LogP contribution in [0.4, 0.5) is 0 Å². The summed E-state index contributed by atoms with van der Waals surface area (Å²) in [7, 11) is 0. The van der Waals surface area contributed by atoms with Crippen molar-refractivity contribution in [2.75, 3.05) is 0 Å². The number of rotatable bonds is 4. The van der Waals surface area contributed by atoms with Crippen molar-refractivity contribution < 1.29 is 4.79 Å². The van der Waals surface area contributed by atoms with Crippen molar-refractivity contribution >= 4 is 39.3 Å². The lowest BCUT2D eigenvalue weighted by atomic mass is 10.1. The number of hydrogen-bond donors (Lipinski definition) is 2. The summed E-state index contributed by atoms with van der Waals surface area (Å²) in [4.78, 5) is 15.6. The summed E-state index contributed by atoms with van der Waals surface area (Å²) in [5, 5.41) is 6.03. The zero-order valence-electron chi connectivity index (χ0n) is 13.6. The van der Waals surface area contributed by atoms with Crippen molar-refractivity contribution in [3.8, 4) is 0 Å². The predicted octanol–water partition coefficient (Wildman–Crippen LogP) is 4.83. The first kappa shape index (κ1) is 15.7. The van der Waals surface area contributed by atoms with Gasteiger partial charge in [-0.05, 0) is 35.4 Å². The number of carbonyl (C=O) groups is 1. The zero-order chi connectivity index (χ0) is 17.2. The van der Waals surface area contributed by atoms with Crippen LogP contribution in [0.3, 0.4) is 0 Å². The minimum absolute atomic E-state index is 0.00501. The highest BCUT2D eigenvalue weighted by Crippen LogP contribution is 2.25. The smallest absolute Gasteiger partial charge is 0.224 e. The lowest BCUT2D eigenvalue weighted by Gasteiger charge is -2.06. The normalized spacial score (nSPS) is 11.1. The Kier molecular flexibility index (Phi) is 4.16.